The van der Waals surface area contributed by atoms with Gasteiger partial charge in [0.15, 0.2) is 5.78 Å². The summed E-state index contributed by atoms with van der Waals surface area (Å²) in [6, 6.07) is 8.23. The average molecular weight is 931 g/mol. The second-order valence-corrected chi connectivity index (χ2v) is 17.5. The molecule has 346 valence electrons. The molecule has 6 N–H and O–H groups in total. The molecule has 4 aliphatic rings. The first-order valence-electron chi connectivity index (χ1n) is 20.8. The van der Waals surface area contributed by atoms with Crippen LogP contribution in [0.3, 0.4) is 0 Å². The van der Waals surface area contributed by atoms with E-state index in [0.29, 0.717) is 16.9 Å². The van der Waals surface area contributed by atoms with E-state index >= 15 is 0 Å². The number of ketones is 1. The maximum absolute atomic E-state index is 13.8. The first kappa shape index (κ1) is 46.8. The normalized spacial score (nSPS) is 21.5. The van der Waals surface area contributed by atoms with Crippen molar-refractivity contribution in [3.8, 4) is 17.2 Å². The number of phenolic OH excluding ortho intramolecular Hbond substituents is 2. The fourth-order valence-corrected chi connectivity index (χ4v) is 9.37. The minimum atomic E-state index is -3.01. The number of alkyl halides is 2. The second kappa shape index (κ2) is 19.1. The van der Waals surface area contributed by atoms with Gasteiger partial charge < -0.3 is 40.9 Å². The molecule has 2 fully saturated rings. The number of hydrogen-bond donors (Lipinski definition) is 6. The van der Waals surface area contributed by atoms with Crippen LogP contribution in [0.15, 0.2) is 78.7 Å². The number of carbonyl (C=O) groups is 8. The number of anilines is 1. The molecule has 66 heavy (non-hydrogen) atoms. The number of aromatic nitrogens is 1. The van der Waals surface area contributed by atoms with Crippen molar-refractivity contribution in [3.05, 3.63) is 101 Å². The molecule has 7 rings (SSSR count). The van der Waals surface area contributed by atoms with Crippen molar-refractivity contribution in [1.82, 2.24) is 25.8 Å². The van der Waals surface area contributed by atoms with E-state index < -0.39 is 102 Å². The molecule has 1 aliphatic carbocycles. The molecule has 0 radical (unpaired) electrons. The lowest BCUT2D eigenvalue weighted by atomic mass is 9.75. The Balaban J connectivity index is 0.885. The standard InChI is InChI=1S/C45H44F2N6O12S/c1-22-18-45(46,47)21-52(22)42(61)23(2)50-41(60)24-11-12-48-25(13-24)19-49-37(57)9-10-38(58)51-32(44(63)64)20-66-36-17-39(59)53(43(36)62)26-3-6-29(33(56)14-26)40-30-7-4-27(54)15-34(30)65-35-16-28(55)5-8-31(35)40/h3-8,11-16,22-23,30,32,36,40,55-56H,9-10,17-21H2,1-2H3,(H,49,57)(H,50,60)(H,51,58)(H,63,64)/t22-,23+,30?,32?,36?,40?/m1/s1. The van der Waals surface area contributed by atoms with Gasteiger partial charge in [-0.2, -0.15) is 0 Å². The summed E-state index contributed by atoms with van der Waals surface area (Å²) in [5.41, 5.74) is 1.41. The van der Waals surface area contributed by atoms with Gasteiger partial charge in [-0.05, 0) is 44.2 Å². The van der Waals surface area contributed by atoms with Crippen LogP contribution in [0, 0.1) is 5.92 Å². The van der Waals surface area contributed by atoms with Gasteiger partial charge in [0.05, 0.1) is 29.7 Å². The van der Waals surface area contributed by atoms with Gasteiger partial charge in [-0.25, -0.2) is 18.5 Å². The Morgan fingerprint density at radius 2 is 1.73 bits per heavy atom. The summed E-state index contributed by atoms with van der Waals surface area (Å²) in [7, 11) is 0. The number of fused-ring (bicyclic) bond motifs is 2. The van der Waals surface area contributed by atoms with Gasteiger partial charge in [0.2, 0.25) is 29.5 Å². The lowest BCUT2D eigenvalue weighted by molar-refractivity contribution is -0.141. The molecule has 2 saturated heterocycles. The molecule has 0 bridgehead atoms. The maximum atomic E-state index is 13.8. The van der Waals surface area contributed by atoms with Crippen LogP contribution in [0.4, 0.5) is 14.5 Å². The minimum absolute atomic E-state index is 0.0664. The molecule has 3 aliphatic heterocycles. The molecule has 1 aromatic heterocycles. The SMILES string of the molecule is C[C@H](NC(=O)c1ccnc(CNC(=O)CCC(=O)NC(CSC2CC(=O)N(c3ccc(C4c5ccc(O)cc5OC5=CC(=O)C=CC54)c(O)c3)C2=O)C(=O)O)c1)C(=O)N1CC(F)(F)C[C@H]1C. The number of phenols is 2. The number of pyridine rings is 1. The molecule has 2 aromatic carbocycles. The molecule has 4 unspecified atom stereocenters. The third-order valence-electron chi connectivity index (χ3n) is 11.5. The predicted octanol–water partition coefficient (Wildman–Crippen LogP) is 3.06. The van der Waals surface area contributed by atoms with Crippen LogP contribution in [0.1, 0.15) is 72.6 Å². The lowest BCUT2D eigenvalue weighted by Crippen LogP contribution is -2.48. The van der Waals surface area contributed by atoms with Crippen molar-refractivity contribution in [1.29, 1.82) is 0 Å². The largest absolute Gasteiger partial charge is 0.508 e. The molecule has 18 nitrogen and oxygen atoms in total. The highest BCUT2D eigenvalue weighted by Crippen LogP contribution is 2.50. The maximum Gasteiger partial charge on any atom is 0.327 e. The number of carbonyl (C=O) groups excluding carboxylic acids is 7. The summed E-state index contributed by atoms with van der Waals surface area (Å²) in [6.45, 7) is 2.00. The highest BCUT2D eigenvalue weighted by Gasteiger charge is 2.46. The molecule has 0 saturated carbocycles. The zero-order chi connectivity index (χ0) is 47.6. The Morgan fingerprint density at radius 1 is 0.985 bits per heavy atom. The number of halogens is 2. The lowest BCUT2D eigenvalue weighted by Gasteiger charge is -2.35. The fraction of sp³-hybridized carbons (Fsp3) is 0.356. The summed E-state index contributed by atoms with van der Waals surface area (Å²) < 4.78 is 33.5. The Morgan fingerprint density at radius 3 is 2.44 bits per heavy atom. The zero-order valence-electron chi connectivity index (χ0n) is 35.4. The van der Waals surface area contributed by atoms with E-state index in [-0.39, 0.29) is 65.1 Å². The summed E-state index contributed by atoms with van der Waals surface area (Å²) in [6.07, 6.45) is 4.14. The number of carboxylic acids is 1. The van der Waals surface area contributed by atoms with Gasteiger partial charge in [0.1, 0.15) is 35.1 Å². The smallest absolute Gasteiger partial charge is 0.327 e. The number of hydrogen-bond acceptors (Lipinski definition) is 13. The molecule has 21 heteroatoms. The van der Waals surface area contributed by atoms with Crippen LogP contribution in [0.5, 0.6) is 17.2 Å². The number of amides is 6. The van der Waals surface area contributed by atoms with Crippen molar-refractivity contribution in [3.63, 3.8) is 0 Å². The van der Waals surface area contributed by atoms with Crippen molar-refractivity contribution in [2.45, 2.75) is 81.3 Å². The molecular weight excluding hydrogens is 887 g/mol. The summed E-state index contributed by atoms with van der Waals surface area (Å²) in [5.74, 6) is -9.80. The van der Waals surface area contributed by atoms with Gasteiger partial charge >= 0.3 is 5.97 Å². The van der Waals surface area contributed by atoms with Crippen LogP contribution < -0.4 is 25.6 Å². The third kappa shape index (κ3) is 10.4. The van der Waals surface area contributed by atoms with Crippen molar-refractivity contribution < 1.29 is 67.2 Å². The van der Waals surface area contributed by atoms with Crippen LogP contribution in [0.25, 0.3) is 0 Å². The van der Waals surface area contributed by atoms with Gasteiger partial charge in [-0.3, -0.25) is 38.5 Å². The van der Waals surface area contributed by atoms with Crippen LogP contribution in [-0.2, 0) is 40.1 Å². The van der Waals surface area contributed by atoms with Crippen LogP contribution in [0.2, 0.25) is 0 Å². The van der Waals surface area contributed by atoms with Gasteiger partial charge in [0.25, 0.3) is 11.8 Å². The Hall–Kier alpha value is -7.16. The number of likely N-dealkylation sites (tertiary alicyclic amines) is 1. The fourth-order valence-electron chi connectivity index (χ4n) is 8.21. The van der Waals surface area contributed by atoms with Crippen molar-refractivity contribution >= 4 is 64.6 Å². The Labute approximate surface area is 379 Å². The minimum Gasteiger partial charge on any atom is -0.508 e. The number of carboxylic acid groups (broad SMARTS) is 1. The molecule has 3 aromatic rings. The Kier molecular flexibility index (Phi) is 13.6. The summed E-state index contributed by atoms with van der Waals surface area (Å²) in [4.78, 5) is 108. The molecular formula is C45H44F2N6O12S. The number of aliphatic carboxylic acids is 1. The van der Waals surface area contributed by atoms with Crippen LogP contribution in [-0.4, -0.2) is 114 Å². The van der Waals surface area contributed by atoms with E-state index in [0.717, 1.165) is 21.6 Å². The van der Waals surface area contributed by atoms with E-state index in [2.05, 4.69) is 20.9 Å². The van der Waals surface area contributed by atoms with E-state index in [1.54, 1.807) is 18.2 Å². The molecule has 4 heterocycles. The summed E-state index contributed by atoms with van der Waals surface area (Å²) in [5, 5.41) is 37.6. The van der Waals surface area contributed by atoms with E-state index in [9.17, 15) is 62.5 Å². The molecule has 6 amide bonds. The third-order valence-corrected chi connectivity index (χ3v) is 12.8. The number of aromatic hydroxyl groups is 2. The number of allylic oxidation sites excluding steroid dienone is 3. The van der Waals surface area contributed by atoms with Crippen molar-refractivity contribution in [2.75, 3.05) is 17.2 Å². The van der Waals surface area contributed by atoms with Gasteiger partial charge in [0, 0.05) is 90.4 Å². The predicted molar refractivity (Wildman–Crippen MR) is 230 cm³/mol. The highest BCUT2D eigenvalue weighted by molar-refractivity contribution is 8.00. The van der Waals surface area contributed by atoms with Gasteiger partial charge in [-0.15, -0.1) is 11.8 Å². The number of benzene rings is 2. The number of nitrogens with zero attached hydrogens (tertiary/aromatic N) is 3. The number of imide groups is 1. The number of thioether (sulfide) groups is 1. The number of ether oxygens (including phenoxy) is 1. The first-order chi connectivity index (χ1) is 31.3. The Bertz CT molecular complexity index is 2590. The molecule has 0 spiro atoms. The summed E-state index contributed by atoms with van der Waals surface area (Å²) >= 11 is 0.846. The zero-order valence-corrected chi connectivity index (χ0v) is 36.2. The van der Waals surface area contributed by atoms with E-state index in [1.807, 2.05) is 0 Å². The van der Waals surface area contributed by atoms with Crippen LogP contribution >= 0.6 is 11.8 Å². The quantitative estimate of drug-likeness (QED) is 0.120. The first-order valence-corrected chi connectivity index (χ1v) is 21.8. The highest BCUT2D eigenvalue weighted by atomic mass is 32.2. The van der Waals surface area contributed by atoms with Crippen molar-refractivity contribution in [2.24, 2.45) is 5.92 Å². The number of rotatable bonds is 15. The monoisotopic (exact) mass is 930 g/mol. The average Bonchev–Trinajstić information content (AvgIpc) is 3.72. The van der Waals surface area contributed by atoms with E-state index in [4.69, 9.17) is 4.74 Å². The second-order valence-electron chi connectivity index (χ2n) is 16.3. The topological polar surface area (TPSA) is 262 Å². The van der Waals surface area contributed by atoms with Gasteiger partial charge in [-0.1, -0.05) is 18.2 Å². The number of nitrogens with one attached hydrogen (secondary N) is 3. The molecule has 6 atom stereocenters. The van der Waals surface area contributed by atoms with E-state index in [1.165, 1.54) is 68.6 Å².